The first kappa shape index (κ1) is 22.4. The van der Waals surface area contributed by atoms with Crippen LogP contribution in [0, 0.1) is 5.92 Å². The van der Waals surface area contributed by atoms with E-state index in [1.165, 1.54) is 37.1 Å². The van der Waals surface area contributed by atoms with Crippen LogP contribution in [0.3, 0.4) is 0 Å². The molecule has 1 fully saturated rings. The molecule has 0 spiro atoms. The molecule has 4 heteroatoms. The van der Waals surface area contributed by atoms with E-state index in [4.69, 9.17) is 4.74 Å². The van der Waals surface area contributed by atoms with Gasteiger partial charge in [-0.1, -0.05) is 58.0 Å². The Kier molecular flexibility index (Phi) is 7.54. The molecule has 1 saturated heterocycles. The molecular formula is C26H36N2O2. The van der Waals surface area contributed by atoms with E-state index in [9.17, 15) is 4.79 Å². The topological polar surface area (TPSA) is 41.6 Å². The average molecular weight is 409 g/mol. The van der Waals surface area contributed by atoms with Crippen LogP contribution in [-0.4, -0.2) is 37.0 Å². The zero-order valence-corrected chi connectivity index (χ0v) is 18.9. The molecule has 0 unspecified atom stereocenters. The maximum absolute atomic E-state index is 12.4. The SMILES string of the molecule is CC1CCN(Cc2ccc(C(=O)NCCOc3ccccc3C(C)(C)C)cc2)CC1. The summed E-state index contributed by atoms with van der Waals surface area (Å²) < 4.78 is 5.94. The van der Waals surface area contributed by atoms with E-state index < -0.39 is 0 Å². The summed E-state index contributed by atoms with van der Waals surface area (Å²) in [6, 6.07) is 16.1. The van der Waals surface area contributed by atoms with Crippen LogP contribution in [-0.2, 0) is 12.0 Å². The van der Waals surface area contributed by atoms with E-state index in [0.29, 0.717) is 18.7 Å². The number of hydrogen-bond donors (Lipinski definition) is 1. The highest BCUT2D eigenvalue weighted by atomic mass is 16.5. The fourth-order valence-electron chi connectivity index (χ4n) is 3.88. The van der Waals surface area contributed by atoms with Crippen molar-refractivity contribution >= 4 is 5.91 Å². The molecule has 3 rings (SSSR count). The van der Waals surface area contributed by atoms with Crippen LogP contribution in [0.2, 0.25) is 0 Å². The van der Waals surface area contributed by atoms with Crippen LogP contribution in [0.1, 0.15) is 62.0 Å². The summed E-state index contributed by atoms with van der Waals surface area (Å²) >= 11 is 0. The lowest BCUT2D eigenvalue weighted by Gasteiger charge is -2.30. The lowest BCUT2D eigenvalue weighted by Crippen LogP contribution is -2.32. The average Bonchev–Trinajstić information content (AvgIpc) is 2.73. The van der Waals surface area contributed by atoms with Gasteiger partial charge in [0.15, 0.2) is 0 Å². The maximum Gasteiger partial charge on any atom is 0.251 e. The molecule has 1 heterocycles. The standard InChI is InChI=1S/C26H36N2O2/c1-20-13-16-28(17-14-20)19-21-9-11-22(12-10-21)25(29)27-15-18-30-24-8-6-5-7-23(24)26(2,3)4/h5-12,20H,13-19H2,1-4H3,(H,27,29). The van der Waals surface area contributed by atoms with Gasteiger partial charge in [0.05, 0.1) is 6.54 Å². The zero-order valence-electron chi connectivity index (χ0n) is 18.9. The summed E-state index contributed by atoms with van der Waals surface area (Å²) in [6.45, 7) is 13.1. The molecule has 0 bridgehead atoms. The van der Waals surface area contributed by atoms with Crippen molar-refractivity contribution < 1.29 is 9.53 Å². The van der Waals surface area contributed by atoms with Crippen molar-refractivity contribution in [3.05, 3.63) is 65.2 Å². The minimum atomic E-state index is -0.0546. The van der Waals surface area contributed by atoms with Crippen molar-refractivity contribution in [2.24, 2.45) is 5.92 Å². The van der Waals surface area contributed by atoms with Crippen LogP contribution in [0.15, 0.2) is 48.5 Å². The second kappa shape index (κ2) is 10.1. The van der Waals surface area contributed by atoms with Crippen LogP contribution in [0.4, 0.5) is 0 Å². The maximum atomic E-state index is 12.4. The van der Waals surface area contributed by atoms with E-state index in [1.807, 2.05) is 30.3 Å². The van der Waals surface area contributed by atoms with Crippen molar-refractivity contribution in [1.29, 1.82) is 0 Å². The summed E-state index contributed by atoms with van der Waals surface area (Å²) in [5.41, 5.74) is 3.16. The van der Waals surface area contributed by atoms with Crippen molar-refractivity contribution in [1.82, 2.24) is 10.2 Å². The number of ether oxygens (including phenoxy) is 1. The van der Waals surface area contributed by atoms with Crippen LogP contribution in [0.25, 0.3) is 0 Å². The molecule has 4 nitrogen and oxygen atoms in total. The predicted molar refractivity (Wildman–Crippen MR) is 123 cm³/mol. The molecule has 30 heavy (non-hydrogen) atoms. The van der Waals surface area contributed by atoms with Gasteiger partial charge in [0.2, 0.25) is 0 Å². The Hall–Kier alpha value is -2.33. The van der Waals surface area contributed by atoms with Gasteiger partial charge >= 0.3 is 0 Å². The Labute approximate surface area is 181 Å². The Bertz CT molecular complexity index is 816. The number of para-hydroxylation sites is 1. The monoisotopic (exact) mass is 408 g/mol. The summed E-state index contributed by atoms with van der Waals surface area (Å²) in [6.07, 6.45) is 2.56. The van der Waals surface area contributed by atoms with E-state index in [-0.39, 0.29) is 11.3 Å². The number of benzene rings is 2. The van der Waals surface area contributed by atoms with Gasteiger partial charge < -0.3 is 10.1 Å². The molecule has 2 aromatic rings. The summed E-state index contributed by atoms with van der Waals surface area (Å²) in [4.78, 5) is 14.9. The molecule has 1 amide bonds. The largest absolute Gasteiger partial charge is 0.491 e. The normalized spacial score (nSPS) is 15.7. The van der Waals surface area contributed by atoms with E-state index in [0.717, 1.165) is 18.2 Å². The van der Waals surface area contributed by atoms with Gasteiger partial charge in [-0.25, -0.2) is 0 Å². The van der Waals surface area contributed by atoms with Gasteiger partial charge in [-0.15, -0.1) is 0 Å². The molecule has 162 valence electrons. The molecule has 0 aromatic heterocycles. The predicted octanol–water partition coefficient (Wildman–Crippen LogP) is 5.02. The lowest BCUT2D eigenvalue weighted by molar-refractivity contribution is 0.0946. The molecule has 0 radical (unpaired) electrons. The second-order valence-corrected chi connectivity index (χ2v) is 9.51. The van der Waals surface area contributed by atoms with Crippen LogP contribution < -0.4 is 10.1 Å². The molecule has 0 aliphatic carbocycles. The van der Waals surface area contributed by atoms with Crippen LogP contribution >= 0.6 is 0 Å². The fraction of sp³-hybridized carbons (Fsp3) is 0.500. The first-order chi connectivity index (χ1) is 14.3. The minimum absolute atomic E-state index is 0.0219. The van der Waals surface area contributed by atoms with Gasteiger partial charge in [-0.05, 0) is 66.6 Å². The quantitative estimate of drug-likeness (QED) is 0.654. The fourth-order valence-corrected chi connectivity index (χ4v) is 3.88. The molecule has 0 atom stereocenters. The number of carbonyl (C=O) groups excluding carboxylic acids is 1. The highest BCUT2D eigenvalue weighted by Gasteiger charge is 2.18. The highest BCUT2D eigenvalue weighted by Crippen LogP contribution is 2.30. The van der Waals surface area contributed by atoms with Crippen molar-refractivity contribution in [2.45, 2.75) is 52.5 Å². The van der Waals surface area contributed by atoms with Crippen LogP contribution in [0.5, 0.6) is 5.75 Å². The third-order valence-corrected chi connectivity index (χ3v) is 5.84. The smallest absolute Gasteiger partial charge is 0.251 e. The second-order valence-electron chi connectivity index (χ2n) is 9.51. The highest BCUT2D eigenvalue weighted by molar-refractivity contribution is 5.94. The first-order valence-electron chi connectivity index (χ1n) is 11.1. The Morgan fingerprint density at radius 1 is 1.07 bits per heavy atom. The minimum Gasteiger partial charge on any atom is -0.491 e. The summed E-state index contributed by atoms with van der Waals surface area (Å²) in [7, 11) is 0. The first-order valence-corrected chi connectivity index (χ1v) is 11.1. The Morgan fingerprint density at radius 3 is 2.40 bits per heavy atom. The Balaban J connectivity index is 1.44. The van der Waals surface area contributed by atoms with Gasteiger partial charge in [0.1, 0.15) is 12.4 Å². The van der Waals surface area contributed by atoms with E-state index >= 15 is 0 Å². The van der Waals surface area contributed by atoms with Crippen molar-refractivity contribution in [3.63, 3.8) is 0 Å². The van der Waals surface area contributed by atoms with E-state index in [1.54, 1.807) is 0 Å². The number of rotatable bonds is 7. The Morgan fingerprint density at radius 2 is 1.73 bits per heavy atom. The summed E-state index contributed by atoms with van der Waals surface area (Å²) in [5.74, 6) is 1.68. The van der Waals surface area contributed by atoms with Gasteiger partial charge in [-0.2, -0.15) is 0 Å². The molecule has 0 saturated carbocycles. The summed E-state index contributed by atoms with van der Waals surface area (Å²) in [5, 5.41) is 2.96. The van der Waals surface area contributed by atoms with Gasteiger partial charge in [0.25, 0.3) is 5.91 Å². The molecule has 1 N–H and O–H groups in total. The van der Waals surface area contributed by atoms with Gasteiger partial charge in [-0.3, -0.25) is 9.69 Å². The number of piperidine rings is 1. The zero-order chi connectivity index (χ0) is 21.6. The number of hydrogen-bond acceptors (Lipinski definition) is 3. The molecule has 1 aliphatic heterocycles. The van der Waals surface area contributed by atoms with Crippen molar-refractivity contribution in [3.8, 4) is 5.75 Å². The molecule has 2 aromatic carbocycles. The third kappa shape index (κ3) is 6.33. The van der Waals surface area contributed by atoms with Crippen molar-refractivity contribution in [2.75, 3.05) is 26.2 Å². The molecule has 1 aliphatic rings. The van der Waals surface area contributed by atoms with E-state index in [2.05, 4.69) is 56.1 Å². The van der Waals surface area contributed by atoms with Gasteiger partial charge in [0, 0.05) is 12.1 Å². The lowest BCUT2D eigenvalue weighted by atomic mass is 9.86. The number of carbonyl (C=O) groups is 1. The number of amides is 1. The number of nitrogens with zero attached hydrogens (tertiary/aromatic N) is 1. The number of nitrogens with one attached hydrogen (secondary N) is 1. The number of likely N-dealkylation sites (tertiary alicyclic amines) is 1. The molecular weight excluding hydrogens is 372 g/mol. The third-order valence-electron chi connectivity index (χ3n) is 5.84.